The van der Waals surface area contributed by atoms with Crippen molar-refractivity contribution in [3.05, 3.63) is 23.5 Å². The number of likely N-dealkylation sites (tertiary alicyclic amines) is 1. The van der Waals surface area contributed by atoms with Gasteiger partial charge in [-0.1, -0.05) is 0 Å². The van der Waals surface area contributed by atoms with E-state index in [2.05, 4.69) is 39.0 Å². The monoisotopic (exact) mass is 357 g/mol. The Morgan fingerprint density at radius 1 is 1.46 bits per heavy atom. The fourth-order valence-corrected chi connectivity index (χ4v) is 2.95. The molecular formula is C19H31N7. The van der Waals surface area contributed by atoms with Crippen molar-refractivity contribution in [3.8, 4) is 0 Å². The Labute approximate surface area is 156 Å². The predicted octanol–water partition coefficient (Wildman–Crippen LogP) is 1.43. The second-order valence-corrected chi connectivity index (χ2v) is 6.54. The van der Waals surface area contributed by atoms with Crippen LogP contribution in [0.4, 0.5) is 0 Å². The third-order valence-electron chi connectivity index (χ3n) is 4.46. The fourth-order valence-electron chi connectivity index (χ4n) is 2.95. The van der Waals surface area contributed by atoms with Crippen LogP contribution in [0, 0.1) is 0 Å². The zero-order valence-electron chi connectivity index (χ0n) is 16.0. The third kappa shape index (κ3) is 6.22. The first-order valence-electron chi connectivity index (χ1n) is 9.29. The second-order valence-electron chi connectivity index (χ2n) is 6.54. The highest BCUT2D eigenvalue weighted by atomic mass is 15.1. The van der Waals surface area contributed by atoms with Gasteiger partial charge in [0, 0.05) is 43.2 Å². The Hall–Kier alpha value is -2.28. The molecule has 0 aliphatic carbocycles. The molecule has 0 spiro atoms. The normalized spacial score (nSPS) is 21.8. The summed E-state index contributed by atoms with van der Waals surface area (Å²) in [5, 5.41) is 3.38. The molecule has 0 unspecified atom stereocenters. The summed E-state index contributed by atoms with van der Waals surface area (Å²) in [4.78, 5) is 20.1. The molecule has 0 aromatic carbocycles. The van der Waals surface area contributed by atoms with Gasteiger partial charge in [-0.05, 0) is 52.7 Å². The first-order valence-corrected chi connectivity index (χ1v) is 9.29. The predicted molar refractivity (Wildman–Crippen MR) is 112 cm³/mol. The quantitative estimate of drug-likeness (QED) is 0.508. The third-order valence-corrected chi connectivity index (χ3v) is 4.46. The van der Waals surface area contributed by atoms with Crippen molar-refractivity contribution in [3.63, 3.8) is 0 Å². The van der Waals surface area contributed by atoms with Gasteiger partial charge in [-0.15, -0.1) is 0 Å². The molecule has 2 aliphatic rings. The van der Waals surface area contributed by atoms with Crippen LogP contribution in [0.2, 0.25) is 0 Å². The Morgan fingerprint density at radius 3 is 2.88 bits per heavy atom. The lowest BCUT2D eigenvalue weighted by molar-refractivity contribution is 0.257. The van der Waals surface area contributed by atoms with Gasteiger partial charge >= 0.3 is 0 Å². The van der Waals surface area contributed by atoms with Crippen LogP contribution in [0.3, 0.4) is 0 Å². The van der Waals surface area contributed by atoms with E-state index < -0.39 is 0 Å². The standard InChI is InChI=1S/C19H31N7/c1-4-22-19-12-17(23-8-7-21-2)11-18(25-19)15(13-20)14-24-16-5-9-26(3)10-6-16/h11,13-14,16,23H,2,4-10,12,20H2,1,3H3. The number of rotatable bonds is 8. The maximum Gasteiger partial charge on any atom is 0.129 e. The Balaban J connectivity index is 2.11. The minimum absolute atomic E-state index is 0.356. The van der Waals surface area contributed by atoms with Crippen molar-refractivity contribution >= 4 is 24.5 Å². The first-order chi connectivity index (χ1) is 12.7. The highest BCUT2D eigenvalue weighted by Crippen LogP contribution is 2.15. The van der Waals surface area contributed by atoms with E-state index in [1.165, 1.54) is 0 Å². The van der Waals surface area contributed by atoms with E-state index in [9.17, 15) is 0 Å². The zero-order chi connectivity index (χ0) is 18.8. The van der Waals surface area contributed by atoms with Crippen LogP contribution >= 0.6 is 0 Å². The van der Waals surface area contributed by atoms with Crippen LogP contribution in [0.25, 0.3) is 0 Å². The van der Waals surface area contributed by atoms with Crippen molar-refractivity contribution in [1.29, 1.82) is 0 Å². The summed E-state index contributed by atoms with van der Waals surface area (Å²) in [7, 11) is 2.15. The van der Waals surface area contributed by atoms with Gasteiger partial charge in [0.1, 0.15) is 5.84 Å². The number of hydrogen-bond acceptors (Lipinski definition) is 6. The summed E-state index contributed by atoms with van der Waals surface area (Å²) in [5.74, 6) is 0.811. The number of piperidine rings is 1. The largest absolute Gasteiger partial charge is 0.404 e. The number of nitrogens with zero attached hydrogens (tertiary/aromatic N) is 5. The van der Waals surface area contributed by atoms with Crippen molar-refractivity contribution in [1.82, 2.24) is 10.2 Å². The van der Waals surface area contributed by atoms with Crippen LogP contribution in [-0.4, -0.2) is 75.2 Å². The number of aliphatic imine (C=N–C) groups is 4. The van der Waals surface area contributed by atoms with Gasteiger partial charge in [-0.25, -0.2) is 4.99 Å². The molecule has 0 radical (unpaired) electrons. The average molecular weight is 358 g/mol. The highest BCUT2D eigenvalue weighted by molar-refractivity contribution is 6.25. The van der Waals surface area contributed by atoms with Crippen molar-refractivity contribution in [2.75, 3.05) is 39.8 Å². The summed E-state index contributed by atoms with van der Waals surface area (Å²) in [6.45, 7) is 9.82. The Kier molecular flexibility index (Phi) is 8.21. The number of nitrogens with two attached hydrogens (primary N) is 1. The van der Waals surface area contributed by atoms with Crippen molar-refractivity contribution < 1.29 is 0 Å². The van der Waals surface area contributed by atoms with Gasteiger partial charge < -0.3 is 16.0 Å². The highest BCUT2D eigenvalue weighted by Gasteiger charge is 2.17. The smallest absolute Gasteiger partial charge is 0.129 e. The lowest BCUT2D eigenvalue weighted by Gasteiger charge is -2.26. The van der Waals surface area contributed by atoms with E-state index in [0.29, 0.717) is 25.6 Å². The molecule has 2 heterocycles. The van der Waals surface area contributed by atoms with Gasteiger partial charge in [-0.3, -0.25) is 15.0 Å². The molecule has 0 aromatic rings. The molecule has 0 atom stereocenters. The number of allylic oxidation sites excluding steroid dienone is 2. The van der Waals surface area contributed by atoms with E-state index in [4.69, 9.17) is 10.7 Å². The summed E-state index contributed by atoms with van der Waals surface area (Å²) in [5.41, 5.74) is 8.57. The molecule has 1 fully saturated rings. The topological polar surface area (TPSA) is 90.7 Å². The Bertz CT molecular complexity index is 620. The maximum atomic E-state index is 5.87. The summed E-state index contributed by atoms with van der Waals surface area (Å²) in [6, 6.07) is 0.356. The lowest BCUT2D eigenvalue weighted by Crippen LogP contribution is -2.32. The van der Waals surface area contributed by atoms with Gasteiger partial charge in [0.15, 0.2) is 0 Å². The minimum atomic E-state index is 0.356. The van der Waals surface area contributed by atoms with E-state index >= 15 is 0 Å². The maximum absolute atomic E-state index is 5.87. The molecule has 3 N–H and O–H groups in total. The van der Waals surface area contributed by atoms with E-state index in [1.54, 1.807) is 6.20 Å². The molecule has 2 aliphatic heterocycles. The molecule has 142 valence electrons. The van der Waals surface area contributed by atoms with Gasteiger partial charge in [0.05, 0.1) is 18.3 Å². The number of amidine groups is 1. The number of nitrogens with one attached hydrogen (secondary N) is 1. The summed E-state index contributed by atoms with van der Waals surface area (Å²) < 4.78 is 0. The number of dihydropyridines is 1. The first kappa shape index (κ1) is 20.0. The fraction of sp³-hybridized carbons (Fsp3) is 0.579. The van der Waals surface area contributed by atoms with Crippen LogP contribution in [-0.2, 0) is 0 Å². The zero-order valence-corrected chi connectivity index (χ0v) is 16.0. The van der Waals surface area contributed by atoms with E-state index in [0.717, 1.165) is 55.3 Å². The average Bonchev–Trinajstić information content (AvgIpc) is 2.64. The minimum Gasteiger partial charge on any atom is -0.404 e. The van der Waals surface area contributed by atoms with Crippen LogP contribution in [0.5, 0.6) is 0 Å². The van der Waals surface area contributed by atoms with Gasteiger partial charge in [0.25, 0.3) is 0 Å². The van der Waals surface area contributed by atoms with E-state index in [1.807, 2.05) is 19.2 Å². The molecule has 0 aromatic heterocycles. The summed E-state index contributed by atoms with van der Waals surface area (Å²) >= 11 is 0. The Morgan fingerprint density at radius 2 is 2.23 bits per heavy atom. The lowest BCUT2D eigenvalue weighted by atomic mass is 10.0. The van der Waals surface area contributed by atoms with Gasteiger partial charge in [-0.2, -0.15) is 0 Å². The van der Waals surface area contributed by atoms with Gasteiger partial charge in [0.2, 0.25) is 0 Å². The molecule has 0 saturated carbocycles. The SMILES string of the molecule is C=NCCNC1=CC(C(C=NC2CCN(C)CC2)=CN)=NC(=NCC)C1. The molecule has 0 bridgehead atoms. The van der Waals surface area contributed by atoms with Crippen molar-refractivity contribution in [2.45, 2.75) is 32.2 Å². The molecule has 26 heavy (non-hydrogen) atoms. The molecule has 2 rings (SSSR count). The van der Waals surface area contributed by atoms with Crippen LogP contribution in [0.15, 0.2) is 43.5 Å². The van der Waals surface area contributed by atoms with Crippen molar-refractivity contribution in [2.24, 2.45) is 25.7 Å². The molecule has 7 heteroatoms. The van der Waals surface area contributed by atoms with Crippen LogP contribution in [0.1, 0.15) is 26.2 Å². The van der Waals surface area contributed by atoms with E-state index in [-0.39, 0.29) is 0 Å². The number of hydrogen-bond donors (Lipinski definition) is 2. The molecule has 1 saturated heterocycles. The molecule has 7 nitrogen and oxygen atoms in total. The molecular weight excluding hydrogens is 326 g/mol. The second kappa shape index (κ2) is 10.7. The van der Waals surface area contributed by atoms with Crippen LogP contribution < -0.4 is 11.1 Å². The molecule has 0 amide bonds. The summed E-state index contributed by atoms with van der Waals surface area (Å²) in [6.07, 6.45) is 8.32.